The lowest BCUT2D eigenvalue weighted by atomic mass is 10.1. The number of thioether (sulfide) groups is 1. The van der Waals surface area contributed by atoms with Gasteiger partial charge in [-0.2, -0.15) is 0 Å². The maximum absolute atomic E-state index is 5.67. The summed E-state index contributed by atoms with van der Waals surface area (Å²) in [6, 6.07) is 17.1. The van der Waals surface area contributed by atoms with Crippen molar-refractivity contribution in [2.24, 2.45) is 0 Å². The van der Waals surface area contributed by atoms with Crippen molar-refractivity contribution in [3.8, 4) is 11.1 Å². The molecule has 0 atom stereocenters. The molecule has 0 saturated heterocycles. The van der Waals surface area contributed by atoms with E-state index < -0.39 is 0 Å². The zero-order valence-corrected chi connectivity index (χ0v) is 12.1. The van der Waals surface area contributed by atoms with E-state index in [1.807, 2.05) is 0 Å². The monoisotopic (exact) mass is 297 g/mol. The third-order valence-electron chi connectivity index (χ3n) is 3.42. The second kappa shape index (κ2) is 4.61. The summed E-state index contributed by atoms with van der Waals surface area (Å²) < 4.78 is 0.916. The first-order chi connectivity index (χ1) is 9.83. The third kappa shape index (κ3) is 1.82. The molecule has 1 heterocycles. The Morgan fingerprint density at radius 3 is 2.05 bits per heavy atom. The average molecular weight is 297 g/mol. The van der Waals surface area contributed by atoms with E-state index in [2.05, 4.69) is 58.7 Å². The van der Waals surface area contributed by atoms with Gasteiger partial charge in [0, 0.05) is 0 Å². The normalized spacial score (nSPS) is 13.2. The van der Waals surface area contributed by atoms with E-state index in [-0.39, 0.29) is 5.25 Å². The number of fused-ring (bicyclic) bond motifs is 3. The number of rotatable bonds is 2. The van der Waals surface area contributed by atoms with Crippen LogP contribution in [0, 0.1) is 0 Å². The van der Waals surface area contributed by atoms with Gasteiger partial charge in [0.15, 0.2) is 4.34 Å². The van der Waals surface area contributed by atoms with Crippen LogP contribution < -0.4 is 5.73 Å². The van der Waals surface area contributed by atoms with E-state index in [9.17, 15) is 0 Å². The van der Waals surface area contributed by atoms with E-state index in [4.69, 9.17) is 5.73 Å². The molecule has 98 valence electrons. The van der Waals surface area contributed by atoms with Gasteiger partial charge in [-0.3, -0.25) is 0 Å². The molecule has 2 N–H and O–H groups in total. The fourth-order valence-electron chi connectivity index (χ4n) is 2.61. The molecule has 0 bridgehead atoms. The molecule has 2 aromatic carbocycles. The lowest BCUT2D eigenvalue weighted by Gasteiger charge is -2.10. The quantitative estimate of drug-likeness (QED) is 0.777. The maximum atomic E-state index is 5.67. The Morgan fingerprint density at radius 2 is 1.50 bits per heavy atom. The van der Waals surface area contributed by atoms with Crippen LogP contribution in [0.2, 0.25) is 0 Å². The van der Waals surface area contributed by atoms with Crippen LogP contribution in [-0.2, 0) is 0 Å². The lowest BCUT2D eigenvalue weighted by molar-refractivity contribution is 1.01. The second-order valence-electron chi connectivity index (χ2n) is 4.58. The Hall–Kier alpha value is -1.85. The SMILES string of the molecule is Nc1nnc(SC2c3ccccc3-c3ccccc32)s1. The molecular weight excluding hydrogens is 286 g/mol. The Balaban J connectivity index is 1.83. The van der Waals surface area contributed by atoms with Gasteiger partial charge in [0.1, 0.15) is 0 Å². The van der Waals surface area contributed by atoms with Crippen molar-refractivity contribution in [2.45, 2.75) is 9.59 Å². The lowest BCUT2D eigenvalue weighted by Crippen LogP contribution is -1.90. The summed E-state index contributed by atoms with van der Waals surface area (Å²) in [6.07, 6.45) is 0. The fourth-order valence-corrected chi connectivity index (χ4v) is 4.64. The molecule has 1 aliphatic carbocycles. The summed E-state index contributed by atoms with van der Waals surface area (Å²) >= 11 is 3.16. The highest BCUT2D eigenvalue weighted by atomic mass is 32.2. The number of nitrogens with zero attached hydrogens (tertiary/aromatic N) is 2. The smallest absolute Gasteiger partial charge is 0.203 e. The predicted molar refractivity (Wildman–Crippen MR) is 83.9 cm³/mol. The second-order valence-corrected chi connectivity index (χ2v) is 6.94. The molecule has 0 aliphatic heterocycles. The van der Waals surface area contributed by atoms with Crippen LogP contribution in [0.25, 0.3) is 11.1 Å². The summed E-state index contributed by atoms with van der Waals surface area (Å²) in [4.78, 5) is 0. The van der Waals surface area contributed by atoms with E-state index >= 15 is 0 Å². The molecule has 3 aromatic rings. The summed E-state index contributed by atoms with van der Waals surface area (Å²) in [6.45, 7) is 0. The molecule has 20 heavy (non-hydrogen) atoms. The molecule has 4 rings (SSSR count). The van der Waals surface area contributed by atoms with Crippen LogP contribution in [0.5, 0.6) is 0 Å². The first-order valence-electron chi connectivity index (χ1n) is 6.27. The predicted octanol–water partition coefficient (Wildman–Crippen LogP) is 3.98. The summed E-state index contributed by atoms with van der Waals surface area (Å²) in [5.74, 6) is 0. The number of aromatic nitrogens is 2. The Labute approximate surface area is 124 Å². The number of nitrogens with two attached hydrogens (primary N) is 1. The van der Waals surface area contributed by atoms with Gasteiger partial charge in [-0.15, -0.1) is 10.2 Å². The molecule has 0 fully saturated rings. The highest BCUT2D eigenvalue weighted by molar-refractivity contribution is 8.01. The summed E-state index contributed by atoms with van der Waals surface area (Å²) in [7, 11) is 0. The minimum absolute atomic E-state index is 0.273. The zero-order valence-electron chi connectivity index (χ0n) is 10.5. The number of anilines is 1. The standard InChI is InChI=1S/C15H11N3S2/c16-14-17-18-15(20-14)19-13-11-7-3-1-5-9(11)10-6-2-4-8-12(10)13/h1-8,13H,(H2,16,17). The van der Waals surface area contributed by atoms with Crippen molar-refractivity contribution in [3.63, 3.8) is 0 Å². The van der Waals surface area contributed by atoms with E-state index in [1.165, 1.54) is 33.6 Å². The Morgan fingerprint density at radius 1 is 0.900 bits per heavy atom. The average Bonchev–Trinajstić information content (AvgIpc) is 3.03. The molecule has 1 aromatic heterocycles. The van der Waals surface area contributed by atoms with Crippen molar-refractivity contribution in [2.75, 3.05) is 5.73 Å². The molecule has 0 spiro atoms. The van der Waals surface area contributed by atoms with E-state index in [0.29, 0.717) is 5.13 Å². The van der Waals surface area contributed by atoms with E-state index in [0.717, 1.165) is 4.34 Å². The number of hydrogen-bond acceptors (Lipinski definition) is 5. The molecule has 0 amide bonds. The van der Waals surface area contributed by atoms with Crippen LogP contribution in [0.3, 0.4) is 0 Å². The van der Waals surface area contributed by atoms with Crippen LogP contribution >= 0.6 is 23.1 Å². The van der Waals surface area contributed by atoms with Crippen LogP contribution in [0.15, 0.2) is 52.9 Å². The number of nitrogen functional groups attached to an aromatic ring is 1. The van der Waals surface area contributed by atoms with Gasteiger partial charge in [-0.1, -0.05) is 71.6 Å². The van der Waals surface area contributed by atoms with Crippen LogP contribution in [0.4, 0.5) is 5.13 Å². The molecule has 3 nitrogen and oxygen atoms in total. The van der Waals surface area contributed by atoms with Crippen LogP contribution in [0.1, 0.15) is 16.4 Å². The minimum atomic E-state index is 0.273. The summed E-state index contributed by atoms with van der Waals surface area (Å²) in [5.41, 5.74) is 11.0. The van der Waals surface area contributed by atoms with Gasteiger partial charge in [-0.05, 0) is 22.3 Å². The maximum Gasteiger partial charge on any atom is 0.203 e. The fraction of sp³-hybridized carbons (Fsp3) is 0.0667. The van der Waals surface area contributed by atoms with Crippen LogP contribution in [-0.4, -0.2) is 10.2 Å². The molecule has 0 radical (unpaired) electrons. The van der Waals surface area contributed by atoms with Gasteiger partial charge >= 0.3 is 0 Å². The topological polar surface area (TPSA) is 51.8 Å². The zero-order chi connectivity index (χ0) is 13.5. The number of benzene rings is 2. The van der Waals surface area contributed by atoms with E-state index in [1.54, 1.807) is 11.8 Å². The third-order valence-corrected chi connectivity index (χ3v) is 5.53. The Kier molecular flexibility index (Phi) is 2.75. The van der Waals surface area contributed by atoms with Gasteiger partial charge in [0.2, 0.25) is 5.13 Å². The van der Waals surface area contributed by atoms with Gasteiger partial charge in [0.25, 0.3) is 0 Å². The molecule has 0 unspecified atom stereocenters. The van der Waals surface area contributed by atoms with Gasteiger partial charge in [0.05, 0.1) is 5.25 Å². The van der Waals surface area contributed by atoms with Crippen molar-refractivity contribution in [1.82, 2.24) is 10.2 Å². The largest absolute Gasteiger partial charge is 0.374 e. The van der Waals surface area contributed by atoms with Gasteiger partial charge in [-0.25, -0.2) is 0 Å². The summed E-state index contributed by atoms with van der Waals surface area (Å²) in [5, 5.41) is 8.82. The molecule has 5 heteroatoms. The van der Waals surface area contributed by atoms with Crippen molar-refractivity contribution >= 4 is 28.2 Å². The number of hydrogen-bond donors (Lipinski definition) is 1. The Bertz CT molecular complexity index is 737. The molecule has 0 saturated carbocycles. The highest BCUT2D eigenvalue weighted by Gasteiger charge is 2.29. The first-order valence-corrected chi connectivity index (χ1v) is 7.96. The molecule has 1 aliphatic rings. The van der Waals surface area contributed by atoms with Crippen molar-refractivity contribution in [1.29, 1.82) is 0 Å². The van der Waals surface area contributed by atoms with Gasteiger partial charge < -0.3 is 5.73 Å². The minimum Gasteiger partial charge on any atom is -0.374 e. The highest BCUT2D eigenvalue weighted by Crippen LogP contribution is 2.52. The van der Waals surface area contributed by atoms with Crippen molar-refractivity contribution < 1.29 is 0 Å². The van der Waals surface area contributed by atoms with Crippen molar-refractivity contribution in [3.05, 3.63) is 59.7 Å². The molecular formula is C15H11N3S2. The first kappa shape index (κ1) is 11.9.